The highest BCUT2D eigenvalue weighted by Crippen LogP contribution is 2.29. The van der Waals surface area contributed by atoms with Crippen molar-refractivity contribution in [3.63, 3.8) is 0 Å². The van der Waals surface area contributed by atoms with Gasteiger partial charge >= 0.3 is 18.0 Å². The Kier molecular flexibility index (Phi) is 3.60. The molecule has 0 amide bonds. The Bertz CT molecular complexity index is 552. The summed E-state index contributed by atoms with van der Waals surface area (Å²) in [7, 11) is 2.74. The highest BCUT2D eigenvalue weighted by Gasteiger charge is 2.13. The molecule has 1 heterocycles. The zero-order valence-corrected chi connectivity index (χ0v) is 10.3. The first-order chi connectivity index (χ1) is 9.13. The first-order valence-electron chi connectivity index (χ1n) is 5.20. The molecular weight excluding hydrogens is 255 g/mol. The minimum Gasteiger partial charge on any atom is -0.467 e. The van der Waals surface area contributed by atoms with Gasteiger partial charge in [0.25, 0.3) is 0 Å². The topological polar surface area (TPSA) is 92.4 Å². The molecule has 2 N–H and O–H groups in total. The lowest BCUT2D eigenvalue weighted by molar-refractivity contribution is 0.317. The predicted molar refractivity (Wildman–Crippen MR) is 63.8 cm³/mol. The van der Waals surface area contributed by atoms with E-state index in [0.29, 0.717) is 0 Å². The Morgan fingerprint density at radius 2 is 1.58 bits per heavy atom. The molecular formula is C11H11FN4O3. The van der Waals surface area contributed by atoms with Crippen molar-refractivity contribution in [2.24, 2.45) is 0 Å². The van der Waals surface area contributed by atoms with Gasteiger partial charge in [0.05, 0.1) is 19.9 Å². The summed E-state index contributed by atoms with van der Waals surface area (Å²) in [5.74, 6) is -0.795. The van der Waals surface area contributed by atoms with Gasteiger partial charge in [0.1, 0.15) is 0 Å². The molecule has 0 aliphatic carbocycles. The van der Waals surface area contributed by atoms with Crippen LogP contribution in [-0.4, -0.2) is 29.2 Å². The zero-order valence-electron chi connectivity index (χ0n) is 10.3. The van der Waals surface area contributed by atoms with Crippen LogP contribution < -0.4 is 19.9 Å². The number of para-hydroxylation sites is 1. The van der Waals surface area contributed by atoms with Gasteiger partial charge in [-0.05, 0) is 12.1 Å². The van der Waals surface area contributed by atoms with E-state index in [1.165, 1.54) is 32.4 Å². The second kappa shape index (κ2) is 5.34. The van der Waals surface area contributed by atoms with E-state index in [2.05, 4.69) is 15.0 Å². The summed E-state index contributed by atoms with van der Waals surface area (Å²) >= 11 is 0. The lowest BCUT2D eigenvalue weighted by atomic mass is 10.3. The number of benzene rings is 1. The number of hydrogen-bond acceptors (Lipinski definition) is 7. The summed E-state index contributed by atoms with van der Waals surface area (Å²) in [4.78, 5) is 11.4. The summed E-state index contributed by atoms with van der Waals surface area (Å²) in [5, 5.41) is 0. The fourth-order valence-electron chi connectivity index (χ4n) is 1.27. The standard InChI is InChI=1S/C11H11FN4O3/c1-17-9-14-10(18-2)16-11(15-9)19-8-6(12)4-3-5-7(8)13/h3-5H,13H2,1-2H3. The Morgan fingerprint density at radius 3 is 2.11 bits per heavy atom. The van der Waals surface area contributed by atoms with Crippen molar-refractivity contribution in [3.05, 3.63) is 24.0 Å². The molecule has 1 aromatic carbocycles. The lowest BCUT2D eigenvalue weighted by Crippen LogP contribution is -2.03. The van der Waals surface area contributed by atoms with Crippen LogP contribution in [0.2, 0.25) is 0 Å². The molecule has 0 saturated carbocycles. The van der Waals surface area contributed by atoms with Gasteiger partial charge in [-0.25, -0.2) is 4.39 Å². The second-order valence-electron chi connectivity index (χ2n) is 3.35. The molecule has 0 unspecified atom stereocenters. The monoisotopic (exact) mass is 266 g/mol. The SMILES string of the molecule is COc1nc(OC)nc(Oc2c(N)cccc2F)n1. The van der Waals surface area contributed by atoms with Gasteiger partial charge in [0.2, 0.25) is 0 Å². The molecule has 0 fully saturated rings. The van der Waals surface area contributed by atoms with Gasteiger partial charge in [-0.15, -0.1) is 15.0 Å². The van der Waals surface area contributed by atoms with Crippen molar-refractivity contribution in [1.29, 1.82) is 0 Å². The summed E-state index contributed by atoms with van der Waals surface area (Å²) in [5.41, 5.74) is 5.74. The minimum absolute atomic E-state index is 0.0169. The van der Waals surface area contributed by atoms with Gasteiger partial charge in [0.15, 0.2) is 11.6 Å². The number of halogens is 1. The third-order valence-electron chi connectivity index (χ3n) is 2.13. The van der Waals surface area contributed by atoms with E-state index in [-0.39, 0.29) is 29.5 Å². The van der Waals surface area contributed by atoms with Crippen molar-refractivity contribution in [3.8, 4) is 23.8 Å². The van der Waals surface area contributed by atoms with Crippen LogP contribution in [-0.2, 0) is 0 Å². The smallest absolute Gasteiger partial charge is 0.331 e. The van der Waals surface area contributed by atoms with Gasteiger partial charge in [0, 0.05) is 0 Å². The van der Waals surface area contributed by atoms with Crippen LogP contribution in [0, 0.1) is 5.82 Å². The Balaban J connectivity index is 2.37. The molecule has 8 heteroatoms. The lowest BCUT2D eigenvalue weighted by Gasteiger charge is -2.08. The third-order valence-corrected chi connectivity index (χ3v) is 2.13. The van der Waals surface area contributed by atoms with Crippen LogP contribution in [0.1, 0.15) is 0 Å². The molecule has 0 bridgehead atoms. The fourth-order valence-corrected chi connectivity index (χ4v) is 1.27. The van der Waals surface area contributed by atoms with Crippen LogP contribution in [0.15, 0.2) is 18.2 Å². The number of nitrogen functional groups attached to an aromatic ring is 1. The molecule has 100 valence electrons. The number of methoxy groups -OCH3 is 2. The molecule has 0 atom stereocenters. The van der Waals surface area contributed by atoms with Crippen LogP contribution >= 0.6 is 0 Å². The molecule has 0 saturated heterocycles. The Labute approximate surface area is 108 Å². The number of rotatable bonds is 4. The van der Waals surface area contributed by atoms with Crippen molar-refractivity contribution in [1.82, 2.24) is 15.0 Å². The first kappa shape index (κ1) is 12.8. The van der Waals surface area contributed by atoms with E-state index in [1.807, 2.05) is 0 Å². The highest BCUT2D eigenvalue weighted by molar-refractivity contribution is 5.53. The number of nitrogens with two attached hydrogens (primary N) is 1. The van der Waals surface area contributed by atoms with Crippen LogP contribution in [0.25, 0.3) is 0 Å². The number of ether oxygens (including phenoxy) is 3. The van der Waals surface area contributed by atoms with Gasteiger partial charge < -0.3 is 19.9 Å². The molecule has 0 aliphatic heterocycles. The predicted octanol–water partition coefficient (Wildman–Crippen LogP) is 1.40. The molecule has 19 heavy (non-hydrogen) atoms. The largest absolute Gasteiger partial charge is 0.467 e. The molecule has 0 aliphatic rings. The average molecular weight is 266 g/mol. The van der Waals surface area contributed by atoms with E-state index >= 15 is 0 Å². The van der Waals surface area contributed by atoms with Gasteiger partial charge in [-0.1, -0.05) is 6.07 Å². The van der Waals surface area contributed by atoms with E-state index in [4.69, 9.17) is 19.9 Å². The number of hydrogen-bond donors (Lipinski definition) is 1. The number of nitrogens with zero attached hydrogens (tertiary/aromatic N) is 3. The molecule has 7 nitrogen and oxygen atoms in total. The van der Waals surface area contributed by atoms with Crippen molar-refractivity contribution in [2.75, 3.05) is 20.0 Å². The maximum absolute atomic E-state index is 13.6. The molecule has 1 aromatic heterocycles. The zero-order chi connectivity index (χ0) is 13.8. The van der Waals surface area contributed by atoms with Crippen LogP contribution in [0.3, 0.4) is 0 Å². The van der Waals surface area contributed by atoms with Crippen LogP contribution in [0.5, 0.6) is 23.8 Å². The summed E-state index contributed by atoms with van der Waals surface area (Å²) in [6.07, 6.45) is 0. The maximum atomic E-state index is 13.6. The van der Waals surface area contributed by atoms with E-state index in [0.717, 1.165) is 0 Å². The second-order valence-corrected chi connectivity index (χ2v) is 3.35. The van der Waals surface area contributed by atoms with Crippen molar-refractivity contribution < 1.29 is 18.6 Å². The quantitative estimate of drug-likeness (QED) is 0.836. The summed E-state index contributed by atoms with van der Waals surface area (Å²) in [6, 6.07) is 3.95. The maximum Gasteiger partial charge on any atom is 0.331 e. The Morgan fingerprint density at radius 1 is 1.00 bits per heavy atom. The highest BCUT2D eigenvalue weighted by atomic mass is 19.1. The van der Waals surface area contributed by atoms with E-state index < -0.39 is 5.82 Å². The normalized spacial score (nSPS) is 10.1. The van der Waals surface area contributed by atoms with E-state index in [1.54, 1.807) is 0 Å². The van der Waals surface area contributed by atoms with Gasteiger partial charge in [-0.2, -0.15) is 0 Å². The number of anilines is 1. The molecule has 2 rings (SSSR count). The molecule has 2 aromatic rings. The van der Waals surface area contributed by atoms with E-state index in [9.17, 15) is 4.39 Å². The Hall–Kier alpha value is -2.64. The average Bonchev–Trinajstić information content (AvgIpc) is 2.42. The fraction of sp³-hybridized carbons (Fsp3) is 0.182. The van der Waals surface area contributed by atoms with Crippen LogP contribution in [0.4, 0.5) is 10.1 Å². The van der Waals surface area contributed by atoms with Gasteiger partial charge in [-0.3, -0.25) is 0 Å². The minimum atomic E-state index is -0.627. The van der Waals surface area contributed by atoms with Crippen molar-refractivity contribution in [2.45, 2.75) is 0 Å². The molecule has 0 radical (unpaired) electrons. The molecule has 0 spiro atoms. The number of aromatic nitrogens is 3. The summed E-state index contributed by atoms with van der Waals surface area (Å²) in [6.45, 7) is 0. The summed E-state index contributed by atoms with van der Waals surface area (Å²) < 4.78 is 28.5. The third kappa shape index (κ3) is 2.79. The first-order valence-corrected chi connectivity index (χ1v) is 5.20. The van der Waals surface area contributed by atoms with Crippen molar-refractivity contribution >= 4 is 5.69 Å².